The number of carboxylic acids is 1. The van der Waals surface area contributed by atoms with Gasteiger partial charge in [0.25, 0.3) is 5.56 Å². The van der Waals surface area contributed by atoms with Crippen molar-refractivity contribution < 1.29 is 24.2 Å². The number of allylic oxidation sites excluding steroid dienone is 3. The number of fused-ring (bicyclic) bond motifs is 1. The number of carbonyl (C=O) groups is 2. The van der Waals surface area contributed by atoms with Crippen LogP contribution < -0.4 is 25.7 Å². The number of nitrogens with one attached hydrogen (secondary N) is 2. The molecule has 0 bridgehead atoms. The first kappa shape index (κ1) is 27.1. The molecule has 3 N–H and O–H groups in total. The minimum atomic E-state index is -1.06. The highest BCUT2D eigenvalue weighted by Gasteiger charge is 2.27. The number of hydrogen-bond acceptors (Lipinski definition) is 7. The Balaban J connectivity index is 1.57. The lowest BCUT2D eigenvalue weighted by Gasteiger charge is -2.24. The summed E-state index contributed by atoms with van der Waals surface area (Å²) in [6.07, 6.45) is 9.78. The molecule has 2 heterocycles. The highest BCUT2D eigenvalue weighted by atomic mass is 32.1. The molecule has 1 aliphatic heterocycles. The van der Waals surface area contributed by atoms with E-state index in [1.807, 2.05) is 25.2 Å². The van der Waals surface area contributed by atoms with Crippen molar-refractivity contribution in [2.45, 2.75) is 51.1 Å². The van der Waals surface area contributed by atoms with E-state index in [1.165, 1.54) is 4.57 Å². The van der Waals surface area contributed by atoms with Crippen molar-refractivity contribution in [3.05, 3.63) is 76.2 Å². The second-order valence-corrected chi connectivity index (χ2v) is 9.66. The van der Waals surface area contributed by atoms with Gasteiger partial charge in [-0.15, -0.1) is 0 Å². The van der Waals surface area contributed by atoms with Crippen molar-refractivity contribution in [1.82, 2.24) is 9.88 Å². The van der Waals surface area contributed by atoms with Gasteiger partial charge in [-0.05, 0) is 41.8 Å². The molecule has 0 saturated heterocycles. The van der Waals surface area contributed by atoms with E-state index in [-0.39, 0.29) is 18.8 Å². The number of amides is 1. The van der Waals surface area contributed by atoms with Crippen LogP contribution in [-0.2, 0) is 9.59 Å². The second-order valence-electron chi connectivity index (χ2n) is 9.16. The molecule has 1 amide bonds. The third-order valence-corrected chi connectivity index (χ3v) is 6.93. The molecule has 38 heavy (non-hydrogen) atoms. The van der Waals surface area contributed by atoms with Gasteiger partial charge in [-0.1, -0.05) is 56.3 Å². The van der Waals surface area contributed by atoms with Gasteiger partial charge < -0.3 is 29.8 Å². The molecule has 2 aromatic rings. The average Bonchev–Trinajstić information content (AvgIpc) is 3.37. The van der Waals surface area contributed by atoms with E-state index in [1.54, 1.807) is 36.5 Å². The number of carboxylic acid groups (broad SMARTS) is 1. The SMILES string of the molecule is CCCCC(C(=O)N[C@@H](CC(=O)O)c1ccc2c(c1)OCO2)n1cccc(NCC2=CC=CCC2=S)c1=O. The Kier molecular flexibility index (Phi) is 8.96. The molecule has 10 heteroatoms. The van der Waals surface area contributed by atoms with Crippen molar-refractivity contribution in [2.24, 2.45) is 0 Å². The van der Waals surface area contributed by atoms with Crippen LogP contribution in [0.5, 0.6) is 11.5 Å². The lowest BCUT2D eigenvalue weighted by atomic mass is 10.0. The van der Waals surface area contributed by atoms with Crippen molar-refractivity contribution in [3.8, 4) is 11.5 Å². The number of rotatable bonds is 12. The van der Waals surface area contributed by atoms with Gasteiger partial charge >= 0.3 is 5.97 Å². The Morgan fingerprint density at radius 3 is 2.79 bits per heavy atom. The highest BCUT2D eigenvalue weighted by molar-refractivity contribution is 7.80. The van der Waals surface area contributed by atoms with Crippen LogP contribution in [0.4, 0.5) is 5.69 Å². The van der Waals surface area contributed by atoms with Gasteiger partial charge in [0.2, 0.25) is 12.7 Å². The van der Waals surface area contributed by atoms with Gasteiger partial charge in [-0.25, -0.2) is 0 Å². The molecule has 9 nitrogen and oxygen atoms in total. The zero-order valence-electron chi connectivity index (χ0n) is 21.1. The summed E-state index contributed by atoms with van der Waals surface area (Å²) >= 11 is 5.41. The van der Waals surface area contributed by atoms with Crippen LogP contribution in [0, 0.1) is 0 Å². The smallest absolute Gasteiger partial charge is 0.305 e. The standard InChI is InChI=1S/C28H31N3O6S/c1-2-3-9-22(31-13-6-8-20(28(31)35)29-16-19-7-4-5-10-25(19)38)27(34)30-21(15-26(32)33)18-11-12-23-24(14-18)37-17-36-23/h4-8,11-14,21-22,29H,2-3,9-10,15-17H2,1H3,(H,30,34)(H,32,33)/t21-,22?/m0/s1. The summed E-state index contributed by atoms with van der Waals surface area (Å²) in [6, 6.07) is 6.84. The second kappa shape index (κ2) is 12.6. The van der Waals surface area contributed by atoms with Crippen LogP contribution in [0.25, 0.3) is 0 Å². The summed E-state index contributed by atoms with van der Waals surface area (Å²) in [6.45, 7) is 2.49. The maximum absolute atomic E-state index is 13.6. The molecule has 1 unspecified atom stereocenters. The first-order chi connectivity index (χ1) is 18.4. The molecule has 0 radical (unpaired) electrons. The molecular formula is C28H31N3O6S. The summed E-state index contributed by atoms with van der Waals surface area (Å²) in [7, 11) is 0. The van der Waals surface area contributed by atoms with Gasteiger partial charge in [0, 0.05) is 24.0 Å². The Morgan fingerprint density at radius 2 is 2.03 bits per heavy atom. The maximum atomic E-state index is 13.6. The first-order valence-corrected chi connectivity index (χ1v) is 13.0. The maximum Gasteiger partial charge on any atom is 0.305 e. The van der Waals surface area contributed by atoms with E-state index in [4.69, 9.17) is 21.7 Å². The first-order valence-electron chi connectivity index (χ1n) is 12.6. The fraction of sp³-hybridized carbons (Fsp3) is 0.357. The van der Waals surface area contributed by atoms with Crippen LogP contribution in [0.1, 0.15) is 56.7 Å². The van der Waals surface area contributed by atoms with Crippen molar-refractivity contribution in [2.75, 3.05) is 18.7 Å². The normalized spacial score (nSPS) is 15.5. The van der Waals surface area contributed by atoms with Gasteiger partial charge in [0.15, 0.2) is 11.5 Å². The number of benzene rings is 1. The van der Waals surface area contributed by atoms with E-state index >= 15 is 0 Å². The largest absolute Gasteiger partial charge is 0.481 e. The Labute approximate surface area is 226 Å². The van der Waals surface area contributed by atoms with E-state index < -0.39 is 24.0 Å². The van der Waals surface area contributed by atoms with Gasteiger partial charge in [0.05, 0.1) is 12.5 Å². The molecule has 1 aromatic carbocycles. The number of hydrogen-bond donors (Lipinski definition) is 3. The number of unbranched alkanes of at least 4 members (excludes halogenated alkanes) is 1. The monoisotopic (exact) mass is 537 g/mol. The topological polar surface area (TPSA) is 119 Å². The van der Waals surface area contributed by atoms with Gasteiger partial charge in [-0.2, -0.15) is 0 Å². The van der Waals surface area contributed by atoms with E-state index in [0.717, 1.165) is 16.9 Å². The quantitative estimate of drug-likeness (QED) is 0.343. The lowest BCUT2D eigenvalue weighted by molar-refractivity contribution is -0.138. The number of nitrogens with zero attached hydrogens (tertiary/aromatic N) is 1. The molecule has 2 atom stereocenters. The van der Waals surface area contributed by atoms with Gasteiger partial charge in [-0.3, -0.25) is 14.4 Å². The highest BCUT2D eigenvalue weighted by Crippen LogP contribution is 2.35. The molecule has 200 valence electrons. The Bertz CT molecular complexity index is 1330. The number of thiocarbonyl (C=S) groups is 1. The Morgan fingerprint density at radius 1 is 1.21 bits per heavy atom. The summed E-state index contributed by atoms with van der Waals surface area (Å²) in [4.78, 5) is 39.5. The molecule has 4 rings (SSSR count). The predicted molar refractivity (Wildman–Crippen MR) is 148 cm³/mol. The van der Waals surface area contributed by atoms with Crippen LogP contribution in [0.3, 0.4) is 0 Å². The molecular weight excluding hydrogens is 506 g/mol. The number of aliphatic carboxylic acids is 1. The summed E-state index contributed by atoms with van der Waals surface area (Å²) < 4.78 is 12.2. The fourth-order valence-corrected chi connectivity index (χ4v) is 4.68. The third kappa shape index (κ3) is 6.49. The van der Waals surface area contributed by atoms with E-state index in [2.05, 4.69) is 10.6 Å². The van der Waals surface area contributed by atoms with Crippen LogP contribution in [-0.4, -0.2) is 39.8 Å². The number of aromatic nitrogens is 1. The summed E-state index contributed by atoms with van der Waals surface area (Å²) in [5.74, 6) is -0.437. The molecule has 0 spiro atoms. The van der Waals surface area contributed by atoms with E-state index in [9.17, 15) is 19.5 Å². The molecule has 0 saturated carbocycles. The lowest BCUT2D eigenvalue weighted by Crippen LogP contribution is -2.40. The number of ether oxygens (including phenoxy) is 2. The zero-order valence-corrected chi connectivity index (χ0v) is 22.0. The van der Waals surface area contributed by atoms with Crippen molar-refractivity contribution in [3.63, 3.8) is 0 Å². The number of anilines is 1. The van der Waals surface area contributed by atoms with Crippen LogP contribution in [0.15, 0.2) is 65.1 Å². The minimum Gasteiger partial charge on any atom is -0.481 e. The summed E-state index contributed by atoms with van der Waals surface area (Å²) in [5.41, 5.74) is 1.54. The van der Waals surface area contributed by atoms with Crippen LogP contribution in [0.2, 0.25) is 0 Å². The van der Waals surface area contributed by atoms with E-state index in [0.29, 0.717) is 48.6 Å². The van der Waals surface area contributed by atoms with Crippen LogP contribution >= 0.6 is 12.2 Å². The number of carbonyl (C=O) groups excluding carboxylic acids is 1. The molecule has 0 fully saturated rings. The van der Waals surface area contributed by atoms with Crippen molar-refractivity contribution in [1.29, 1.82) is 0 Å². The van der Waals surface area contributed by atoms with Gasteiger partial charge in [0.1, 0.15) is 11.7 Å². The van der Waals surface area contributed by atoms with Crippen molar-refractivity contribution >= 4 is 34.6 Å². The molecule has 1 aliphatic carbocycles. The predicted octanol–water partition coefficient (Wildman–Crippen LogP) is 4.31. The number of pyridine rings is 1. The average molecular weight is 538 g/mol. The third-order valence-electron chi connectivity index (χ3n) is 6.50. The zero-order chi connectivity index (χ0) is 27.1. The molecule has 1 aromatic heterocycles. The fourth-order valence-electron chi connectivity index (χ4n) is 4.44. The Hall–Kier alpha value is -3.92. The summed E-state index contributed by atoms with van der Waals surface area (Å²) in [5, 5.41) is 15.6. The molecule has 2 aliphatic rings. The minimum absolute atomic E-state index is 0.0842.